The van der Waals surface area contributed by atoms with Crippen molar-refractivity contribution in [2.75, 3.05) is 0 Å². The predicted molar refractivity (Wildman–Crippen MR) is 86.6 cm³/mol. The molecule has 2 nitrogen and oxygen atoms in total. The zero-order valence-corrected chi connectivity index (χ0v) is 12.8. The summed E-state index contributed by atoms with van der Waals surface area (Å²) < 4.78 is 6.00. The Balaban J connectivity index is 2.12. The fraction of sp³-hybridized carbons (Fsp3) is 0.368. The molecule has 2 aromatic carbocycles. The molecule has 1 aliphatic rings. The van der Waals surface area contributed by atoms with E-state index in [0.29, 0.717) is 0 Å². The van der Waals surface area contributed by atoms with Crippen LogP contribution in [0.3, 0.4) is 0 Å². The second-order valence-electron chi connectivity index (χ2n) is 6.14. The van der Waals surface area contributed by atoms with Crippen LogP contribution in [0.5, 0.6) is 5.75 Å². The van der Waals surface area contributed by atoms with Crippen LogP contribution in [-0.2, 0) is 12.0 Å². The topological polar surface area (TPSA) is 35.2 Å². The van der Waals surface area contributed by atoms with Gasteiger partial charge >= 0.3 is 0 Å². The number of nitrogens with two attached hydrogens (primary N) is 1. The van der Waals surface area contributed by atoms with Gasteiger partial charge in [0.2, 0.25) is 0 Å². The lowest BCUT2D eigenvalue weighted by Gasteiger charge is -2.37. The van der Waals surface area contributed by atoms with E-state index in [1.807, 2.05) is 18.2 Å². The van der Waals surface area contributed by atoms with Crippen molar-refractivity contribution < 1.29 is 4.74 Å². The largest absolute Gasteiger partial charge is 0.491 e. The fourth-order valence-electron chi connectivity index (χ4n) is 3.34. The molecular weight excluding hydrogens is 258 g/mol. The van der Waals surface area contributed by atoms with Crippen LogP contribution in [0.25, 0.3) is 0 Å². The zero-order chi connectivity index (χ0) is 14.9. The van der Waals surface area contributed by atoms with Crippen molar-refractivity contribution in [3.63, 3.8) is 0 Å². The van der Waals surface area contributed by atoms with E-state index in [1.165, 1.54) is 11.1 Å². The summed E-state index contributed by atoms with van der Waals surface area (Å²) in [5.41, 5.74) is 10.2. The average Bonchev–Trinajstić information content (AvgIpc) is 2.48. The third-order valence-corrected chi connectivity index (χ3v) is 4.25. The molecule has 0 spiro atoms. The molecule has 110 valence electrons. The second-order valence-corrected chi connectivity index (χ2v) is 6.14. The van der Waals surface area contributed by atoms with Crippen LogP contribution < -0.4 is 10.5 Å². The molecule has 21 heavy (non-hydrogen) atoms. The molecule has 1 unspecified atom stereocenters. The van der Waals surface area contributed by atoms with Gasteiger partial charge in [-0.25, -0.2) is 0 Å². The minimum atomic E-state index is -0.444. The van der Waals surface area contributed by atoms with E-state index >= 15 is 0 Å². The Labute approximate surface area is 126 Å². The first-order valence-electron chi connectivity index (χ1n) is 7.75. The van der Waals surface area contributed by atoms with E-state index in [4.69, 9.17) is 10.5 Å². The first kappa shape index (κ1) is 14.2. The van der Waals surface area contributed by atoms with Gasteiger partial charge in [0.1, 0.15) is 5.75 Å². The van der Waals surface area contributed by atoms with E-state index in [9.17, 15) is 0 Å². The van der Waals surface area contributed by atoms with Gasteiger partial charge in [0, 0.05) is 5.56 Å². The number of fused-ring (bicyclic) bond motifs is 1. The van der Waals surface area contributed by atoms with Gasteiger partial charge in [-0.15, -0.1) is 0 Å². The lowest BCUT2D eigenvalue weighted by molar-refractivity contribution is 0.234. The highest BCUT2D eigenvalue weighted by Gasteiger charge is 2.36. The molecule has 0 saturated carbocycles. The predicted octanol–water partition coefficient (Wildman–Crippen LogP) is 4.01. The molecular formula is C19H23NO. The minimum absolute atomic E-state index is 0.147. The third-order valence-electron chi connectivity index (χ3n) is 4.25. The van der Waals surface area contributed by atoms with Crippen LogP contribution in [0, 0.1) is 0 Å². The van der Waals surface area contributed by atoms with Crippen molar-refractivity contribution in [1.82, 2.24) is 0 Å². The molecule has 0 bridgehead atoms. The summed E-state index contributed by atoms with van der Waals surface area (Å²) >= 11 is 0. The van der Waals surface area contributed by atoms with Crippen LogP contribution >= 0.6 is 0 Å². The van der Waals surface area contributed by atoms with Crippen molar-refractivity contribution in [2.24, 2.45) is 5.73 Å². The Hall–Kier alpha value is -1.80. The summed E-state index contributed by atoms with van der Waals surface area (Å²) in [4.78, 5) is 0. The molecule has 2 aromatic rings. The van der Waals surface area contributed by atoms with Gasteiger partial charge in [0.15, 0.2) is 0 Å². The molecule has 2 heteroatoms. The van der Waals surface area contributed by atoms with Crippen LogP contribution in [0.4, 0.5) is 0 Å². The summed E-state index contributed by atoms with van der Waals surface area (Å²) in [6, 6.07) is 16.7. The van der Waals surface area contributed by atoms with Crippen LogP contribution in [-0.4, -0.2) is 6.10 Å². The molecule has 3 rings (SSSR count). The number of rotatable bonds is 3. The molecule has 0 amide bonds. The SMILES string of the molecule is CC(C)Oc1ccccc1C1(N)CCCc2ccccc21. The summed E-state index contributed by atoms with van der Waals surface area (Å²) in [5.74, 6) is 0.909. The summed E-state index contributed by atoms with van der Waals surface area (Å²) in [6.45, 7) is 4.10. The average molecular weight is 281 g/mol. The van der Waals surface area contributed by atoms with Gasteiger partial charge in [-0.3, -0.25) is 0 Å². The highest BCUT2D eigenvalue weighted by Crippen LogP contribution is 2.42. The molecule has 2 N–H and O–H groups in total. The second kappa shape index (κ2) is 5.53. The van der Waals surface area contributed by atoms with Crippen molar-refractivity contribution >= 4 is 0 Å². The quantitative estimate of drug-likeness (QED) is 0.922. The summed E-state index contributed by atoms with van der Waals surface area (Å²) in [7, 11) is 0. The smallest absolute Gasteiger partial charge is 0.125 e. The van der Waals surface area contributed by atoms with Gasteiger partial charge in [-0.05, 0) is 50.3 Å². The highest BCUT2D eigenvalue weighted by molar-refractivity contribution is 5.49. The highest BCUT2D eigenvalue weighted by atomic mass is 16.5. The van der Waals surface area contributed by atoms with Crippen molar-refractivity contribution in [2.45, 2.75) is 44.8 Å². The number of benzene rings is 2. The van der Waals surface area contributed by atoms with Crippen LogP contribution in [0.15, 0.2) is 48.5 Å². The Morgan fingerprint density at radius 1 is 1.00 bits per heavy atom. The molecule has 0 saturated heterocycles. The maximum Gasteiger partial charge on any atom is 0.125 e. The molecule has 0 radical (unpaired) electrons. The maximum absolute atomic E-state index is 6.89. The first-order chi connectivity index (χ1) is 10.1. The molecule has 0 aliphatic heterocycles. The normalized spacial score (nSPS) is 21.1. The molecule has 1 atom stereocenters. The number of hydrogen-bond acceptors (Lipinski definition) is 2. The Morgan fingerprint density at radius 3 is 2.43 bits per heavy atom. The minimum Gasteiger partial charge on any atom is -0.491 e. The number of aryl methyl sites for hydroxylation is 1. The van der Waals surface area contributed by atoms with Crippen LogP contribution in [0.2, 0.25) is 0 Å². The summed E-state index contributed by atoms with van der Waals surface area (Å²) in [6.07, 6.45) is 3.34. The molecule has 1 aliphatic carbocycles. The lowest BCUT2D eigenvalue weighted by atomic mass is 9.73. The molecule has 0 heterocycles. The van der Waals surface area contributed by atoms with E-state index in [1.54, 1.807) is 0 Å². The van der Waals surface area contributed by atoms with E-state index in [0.717, 1.165) is 30.6 Å². The Morgan fingerprint density at radius 2 is 1.67 bits per heavy atom. The first-order valence-corrected chi connectivity index (χ1v) is 7.75. The molecule has 0 aromatic heterocycles. The van der Waals surface area contributed by atoms with E-state index < -0.39 is 5.54 Å². The zero-order valence-electron chi connectivity index (χ0n) is 12.8. The third kappa shape index (κ3) is 2.56. The summed E-state index contributed by atoms with van der Waals surface area (Å²) in [5, 5.41) is 0. The maximum atomic E-state index is 6.89. The van der Waals surface area contributed by atoms with Gasteiger partial charge in [0.25, 0.3) is 0 Å². The number of para-hydroxylation sites is 1. The lowest BCUT2D eigenvalue weighted by Crippen LogP contribution is -2.41. The van der Waals surface area contributed by atoms with Crippen molar-refractivity contribution in [1.29, 1.82) is 0 Å². The Kier molecular flexibility index (Phi) is 3.73. The monoisotopic (exact) mass is 281 g/mol. The molecule has 0 fully saturated rings. The van der Waals surface area contributed by atoms with E-state index in [-0.39, 0.29) is 6.10 Å². The number of hydrogen-bond donors (Lipinski definition) is 1. The van der Waals surface area contributed by atoms with Crippen molar-refractivity contribution in [3.05, 3.63) is 65.2 Å². The van der Waals surface area contributed by atoms with Gasteiger partial charge in [-0.2, -0.15) is 0 Å². The number of ether oxygens (including phenoxy) is 1. The van der Waals surface area contributed by atoms with E-state index in [2.05, 4.69) is 44.2 Å². The van der Waals surface area contributed by atoms with Gasteiger partial charge in [0.05, 0.1) is 11.6 Å². The van der Waals surface area contributed by atoms with Crippen molar-refractivity contribution in [3.8, 4) is 5.75 Å². The van der Waals surface area contributed by atoms with Gasteiger partial charge < -0.3 is 10.5 Å². The van der Waals surface area contributed by atoms with Gasteiger partial charge in [-0.1, -0.05) is 42.5 Å². The fourth-order valence-corrected chi connectivity index (χ4v) is 3.34. The van der Waals surface area contributed by atoms with Crippen LogP contribution in [0.1, 0.15) is 43.4 Å². The Bertz CT molecular complexity index is 635. The standard InChI is InChI=1S/C19H23NO/c1-14(2)21-18-12-6-5-11-17(18)19(20)13-7-9-15-8-3-4-10-16(15)19/h3-6,8,10-12,14H,7,9,13,20H2,1-2H3.